The number of nitrogens with zero attached hydrogens (tertiary/aromatic N) is 2. The van der Waals surface area contributed by atoms with E-state index in [1.807, 2.05) is 18.2 Å². The molecule has 3 rings (SSSR count). The molecule has 5 nitrogen and oxygen atoms in total. The van der Waals surface area contributed by atoms with Crippen molar-refractivity contribution in [1.82, 2.24) is 9.88 Å². The van der Waals surface area contributed by atoms with E-state index in [1.165, 1.54) is 6.20 Å². The van der Waals surface area contributed by atoms with Gasteiger partial charge in [-0.25, -0.2) is 0 Å². The second kappa shape index (κ2) is 5.61. The minimum Gasteiger partial charge on any atom is -0.454 e. The van der Waals surface area contributed by atoms with Gasteiger partial charge in [0.2, 0.25) is 6.79 Å². The summed E-state index contributed by atoms with van der Waals surface area (Å²) in [5.41, 5.74) is 1.40. The maximum atomic E-state index is 12.4. The molecule has 0 aliphatic carbocycles. The van der Waals surface area contributed by atoms with Gasteiger partial charge in [0.15, 0.2) is 11.5 Å². The third-order valence-electron chi connectivity index (χ3n) is 3.21. The third-order valence-corrected chi connectivity index (χ3v) is 3.51. The van der Waals surface area contributed by atoms with Crippen molar-refractivity contribution in [2.45, 2.75) is 6.54 Å². The molecular weight excluding hydrogens is 292 g/mol. The molecule has 0 N–H and O–H groups in total. The molecule has 0 saturated carbocycles. The lowest BCUT2D eigenvalue weighted by molar-refractivity contribution is 0.0785. The van der Waals surface area contributed by atoms with Crippen LogP contribution in [0.5, 0.6) is 11.5 Å². The number of amides is 1. The van der Waals surface area contributed by atoms with Crippen molar-refractivity contribution in [3.05, 3.63) is 52.8 Å². The van der Waals surface area contributed by atoms with Crippen LogP contribution in [0.1, 0.15) is 15.9 Å². The molecular formula is C15H13ClN2O3. The summed E-state index contributed by atoms with van der Waals surface area (Å²) in [6.07, 6.45) is 3.01. The highest BCUT2D eigenvalue weighted by Crippen LogP contribution is 2.32. The molecule has 0 fully saturated rings. The molecule has 2 heterocycles. The number of carbonyl (C=O) groups excluding carboxylic acids is 1. The fourth-order valence-corrected chi connectivity index (χ4v) is 2.34. The minimum atomic E-state index is -0.153. The van der Waals surface area contributed by atoms with Crippen LogP contribution in [-0.2, 0) is 6.54 Å². The van der Waals surface area contributed by atoms with Crippen LogP contribution in [0.4, 0.5) is 0 Å². The van der Waals surface area contributed by atoms with Crippen molar-refractivity contribution in [3.8, 4) is 11.5 Å². The number of aromatic nitrogens is 1. The monoisotopic (exact) mass is 304 g/mol. The first-order valence-electron chi connectivity index (χ1n) is 6.38. The summed E-state index contributed by atoms with van der Waals surface area (Å²) in [7, 11) is 1.73. The zero-order valence-corrected chi connectivity index (χ0v) is 12.1. The van der Waals surface area contributed by atoms with Crippen molar-refractivity contribution >= 4 is 17.5 Å². The van der Waals surface area contributed by atoms with E-state index in [1.54, 1.807) is 24.2 Å². The van der Waals surface area contributed by atoms with Crippen LogP contribution < -0.4 is 9.47 Å². The van der Waals surface area contributed by atoms with Crippen LogP contribution >= 0.6 is 11.6 Å². The third kappa shape index (κ3) is 2.78. The SMILES string of the molecule is CN(Cc1ccc2c(c1)OCO2)C(=O)c1ccncc1Cl. The van der Waals surface area contributed by atoms with Gasteiger partial charge in [-0.3, -0.25) is 9.78 Å². The number of carbonyl (C=O) groups is 1. The largest absolute Gasteiger partial charge is 0.454 e. The summed E-state index contributed by atoms with van der Waals surface area (Å²) < 4.78 is 10.6. The Hall–Kier alpha value is -2.27. The lowest BCUT2D eigenvalue weighted by Crippen LogP contribution is -2.26. The van der Waals surface area contributed by atoms with E-state index in [0.29, 0.717) is 22.9 Å². The summed E-state index contributed by atoms with van der Waals surface area (Å²) in [6.45, 7) is 0.689. The normalized spacial score (nSPS) is 12.3. The van der Waals surface area contributed by atoms with E-state index in [0.717, 1.165) is 11.3 Å². The maximum absolute atomic E-state index is 12.4. The Morgan fingerprint density at radius 1 is 1.33 bits per heavy atom. The average Bonchev–Trinajstić information content (AvgIpc) is 2.94. The predicted octanol–water partition coefficient (Wildman–Crippen LogP) is 2.74. The van der Waals surface area contributed by atoms with Crippen LogP contribution in [-0.4, -0.2) is 29.6 Å². The Balaban J connectivity index is 1.76. The van der Waals surface area contributed by atoms with E-state index >= 15 is 0 Å². The summed E-state index contributed by atoms with van der Waals surface area (Å²) in [4.78, 5) is 17.8. The van der Waals surface area contributed by atoms with Crippen molar-refractivity contribution in [2.24, 2.45) is 0 Å². The summed E-state index contributed by atoms with van der Waals surface area (Å²) in [6, 6.07) is 7.24. The zero-order chi connectivity index (χ0) is 14.8. The molecule has 0 unspecified atom stereocenters. The number of rotatable bonds is 3. The lowest BCUT2D eigenvalue weighted by atomic mass is 10.1. The van der Waals surface area contributed by atoms with Crippen LogP contribution in [0.15, 0.2) is 36.7 Å². The fourth-order valence-electron chi connectivity index (χ4n) is 2.14. The highest BCUT2D eigenvalue weighted by atomic mass is 35.5. The van der Waals surface area contributed by atoms with Gasteiger partial charge in [0.1, 0.15) is 0 Å². The van der Waals surface area contributed by atoms with Crippen molar-refractivity contribution in [3.63, 3.8) is 0 Å². The number of halogens is 1. The Bertz CT molecular complexity index is 690. The van der Waals surface area contributed by atoms with Crippen LogP contribution in [0.25, 0.3) is 0 Å². The number of benzene rings is 1. The van der Waals surface area contributed by atoms with Crippen LogP contribution in [0.3, 0.4) is 0 Å². The van der Waals surface area contributed by atoms with E-state index in [9.17, 15) is 4.79 Å². The van der Waals surface area contributed by atoms with Gasteiger partial charge in [0, 0.05) is 26.0 Å². The smallest absolute Gasteiger partial charge is 0.255 e. The van der Waals surface area contributed by atoms with Gasteiger partial charge < -0.3 is 14.4 Å². The van der Waals surface area contributed by atoms with Crippen molar-refractivity contribution < 1.29 is 14.3 Å². The number of pyridine rings is 1. The van der Waals surface area contributed by atoms with Gasteiger partial charge in [-0.2, -0.15) is 0 Å². The maximum Gasteiger partial charge on any atom is 0.255 e. The first-order chi connectivity index (χ1) is 10.1. The molecule has 1 aliphatic heterocycles. The van der Waals surface area contributed by atoms with Gasteiger partial charge >= 0.3 is 0 Å². The van der Waals surface area contributed by atoms with Crippen molar-refractivity contribution in [2.75, 3.05) is 13.8 Å². The molecule has 1 aromatic carbocycles. The molecule has 21 heavy (non-hydrogen) atoms. The highest BCUT2D eigenvalue weighted by molar-refractivity contribution is 6.33. The van der Waals surface area contributed by atoms with E-state index in [2.05, 4.69) is 4.98 Å². The first kappa shape index (κ1) is 13.7. The summed E-state index contributed by atoms with van der Waals surface area (Å²) >= 11 is 6.00. The number of fused-ring (bicyclic) bond motifs is 1. The Morgan fingerprint density at radius 2 is 2.14 bits per heavy atom. The fraction of sp³-hybridized carbons (Fsp3) is 0.200. The molecule has 1 aliphatic rings. The summed E-state index contributed by atoms with van der Waals surface area (Å²) in [5, 5.41) is 0.347. The lowest BCUT2D eigenvalue weighted by Gasteiger charge is -2.18. The number of hydrogen-bond acceptors (Lipinski definition) is 4. The van der Waals surface area contributed by atoms with Crippen molar-refractivity contribution in [1.29, 1.82) is 0 Å². The van der Waals surface area contributed by atoms with E-state index < -0.39 is 0 Å². The quantitative estimate of drug-likeness (QED) is 0.875. The van der Waals surface area contributed by atoms with E-state index in [4.69, 9.17) is 21.1 Å². The second-order valence-electron chi connectivity index (χ2n) is 4.70. The topological polar surface area (TPSA) is 51.7 Å². The minimum absolute atomic E-state index is 0.153. The highest BCUT2D eigenvalue weighted by Gasteiger charge is 2.17. The molecule has 1 aromatic heterocycles. The Morgan fingerprint density at radius 3 is 2.95 bits per heavy atom. The molecule has 108 valence electrons. The van der Waals surface area contributed by atoms with Crippen LogP contribution in [0, 0.1) is 0 Å². The molecule has 0 bridgehead atoms. The first-order valence-corrected chi connectivity index (χ1v) is 6.76. The molecule has 0 saturated heterocycles. The van der Waals surface area contributed by atoms with E-state index in [-0.39, 0.29) is 12.7 Å². The molecule has 0 spiro atoms. The molecule has 0 atom stereocenters. The van der Waals surface area contributed by atoms with Gasteiger partial charge in [-0.1, -0.05) is 17.7 Å². The van der Waals surface area contributed by atoms with Gasteiger partial charge in [-0.15, -0.1) is 0 Å². The molecule has 2 aromatic rings. The van der Waals surface area contributed by atoms with Gasteiger partial charge in [0.25, 0.3) is 5.91 Å². The van der Waals surface area contributed by atoms with Gasteiger partial charge in [-0.05, 0) is 23.8 Å². The number of hydrogen-bond donors (Lipinski definition) is 0. The molecule has 0 radical (unpaired) electrons. The Labute approximate surface area is 127 Å². The van der Waals surface area contributed by atoms with Crippen LogP contribution in [0.2, 0.25) is 5.02 Å². The zero-order valence-electron chi connectivity index (χ0n) is 11.4. The number of ether oxygens (including phenoxy) is 2. The average molecular weight is 305 g/mol. The summed E-state index contributed by atoms with van der Waals surface area (Å²) in [5.74, 6) is 1.28. The Kier molecular flexibility index (Phi) is 3.66. The second-order valence-corrected chi connectivity index (χ2v) is 5.11. The van der Waals surface area contributed by atoms with Gasteiger partial charge in [0.05, 0.1) is 10.6 Å². The molecule has 1 amide bonds. The standard InChI is InChI=1S/C15H13ClN2O3/c1-18(15(19)11-4-5-17-7-12(11)16)8-10-2-3-13-14(6-10)21-9-20-13/h2-7H,8-9H2,1H3. The predicted molar refractivity (Wildman–Crippen MR) is 77.6 cm³/mol. The molecule has 6 heteroatoms.